The first kappa shape index (κ1) is 22.4. The molecule has 2 aromatic carbocycles. The molecule has 8 heteroatoms. The van der Waals surface area contributed by atoms with Crippen LogP contribution in [0.25, 0.3) is 0 Å². The van der Waals surface area contributed by atoms with E-state index in [2.05, 4.69) is 0 Å². The lowest BCUT2D eigenvalue weighted by atomic mass is 10.1. The molecule has 0 bridgehead atoms. The summed E-state index contributed by atoms with van der Waals surface area (Å²) in [7, 11) is 0. The molecule has 5 nitrogen and oxygen atoms in total. The van der Waals surface area contributed by atoms with Gasteiger partial charge in [0.2, 0.25) is 0 Å². The minimum atomic E-state index is -0.991. The first-order chi connectivity index (χ1) is 15.3. The normalized spacial score (nSPS) is 12.8. The van der Waals surface area contributed by atoms with Crippen LogP contribution in [-0.4, -0.2) is 22.2 Å². The summed E-state index contributed by atoms with van der Waals surface area (Å²) in [5.41, 5.74) is 3.85. The molecule has 1 aliphatic rings. The summed E-state index contributed by atoms with van der Waals surface area (Å²) in [6.45, 7) is 3.12. The molecule has 1 aliphatic heterocycles. The van der Waals surface area contributed by atoms with E-state index in [0.29, 0.717) is 42.3 Å². The number of carboxylic acids is 1. The maximum atomic E-state index is 14.2. The predicted octanol–water partition coefficient (Wildman–Crippen LogP) is 5.11. The van der Waals surface area contributed by atoms with Crippen molar-refractivity contribution in [1.29, 1.82) is 0 Å². The quantitative estimate of drug-likeness (QED) is 0.539. The third-order valence-corrected chi connectivity index (χ3v) is 6.48. The monoisotopic (exact) mass is 474 g/mol. The fraction of sp³-hybridized carbons (Fsp3) is 0.250. The summed E-state index contributed by atoms with van der Waals surface area (Å²) in [5.74, 6) is -1.26. The molecular weight excluding hydrogens is 454 g/mol. The molecule has 0 unspecified atom stereocenters. The molecule has 0 spiro atoms. The van der Waals surface area contributed by atoms with E-state index in [9.17, 15) is 14.0 Å². The van der Waals surface area contributed by atoms with Gasteiger partial charge in [0.15, 0.2) is 0 Å². The van der Waals surface area contributed by atoms with E-state index in [1.165, 1.54) is 24.3 Å². The van der Waals surface area contributed by atoms with Crippen molar-refractivity contribution in [2.24, 2.45) is 0 Å². The van der Waals surface area contributed by atoms with Crippen LogP contribution in [-0.2, 0) is 25.9 Å². The third kappa shape index (κ3) is 4.25. The summed E-state index contributed by atoms with van der Waals surface area (Å²) < 4.78 is 15.7. The molecule has 3 aromatic rings. The van der Waals surface area contributed by atoms with Crippen LogP contribution in [0.1, 0.15) is 32.7 Å². The molecule has 0 atom stereocenters. The van der Waals surface area contributed by atoms with Gasteiger partial charge in [0.05, 0.1) is 22.8 Å². The summed E-state index contributed by atoms with van der Waals surface area (Å²) in [5, 5.41) is 9.46. The topological polar surface area (TPSA) is 62.5 Å². The van der Waals surface area contributed by atoms with Gasteiger partial charge in [-0.25, -0.2) is 9.18 Å². The van der Waals surface area contributed by atoms with E-state index in [0.717, 1.165) is 23.2 Å². The minimum Gasteiger partial charge on any atom is -0.478 e. The Morgan fingerprint density at radius 2 is 1.84 bits per heavy atom. The zero-order chi connectivity index (χ0) is 23.0. The molecule has 2 heterocycles. The molecule has 0 aliphatic carbocycles. The predicted molar refractivity (Wildman–Crippen MR) is 124 cm³/mol. The summed E-state index contributed by atoms with van der Waals surface area (Å²) in [4.78, 5) is 26.0. The molecule has 1 aromatic heterocycles. The van der Waals surface area contributed by atoms with E-state index in [-0.39, 0.29) is 22.0 Å². The van der Waals surface area contributed by atoms with Crippen molar-refractivity contribution in [3.63, 3.8) is 0 Å². The lowest BCUT2D eigenvalue weighted by Gasteiger charge is -2.24. The number of aryl methyl sites for hydroxylation is 1. The number of rotatable bonds is 6. The number of carboxylic acid groups (broad SMARTS) is 1. The van der Waals surface area contributed by atoms with Crippen molar-refractivity contribution in [1.82, 2.24) is 4.57 Å². The Hall–Kier alpha value is -2.83. The number of aromatic nitrogens is 1. The zero-order valence-corrected chi connectivity index (χ0v) is 18.9. The highest BCUT2D eigenvalue weighted by Gasteiger charge is 2.25. The zero-order valence-electron chi connectivity index (χ0n) is 17.4. The number of anilines is 1. The second kappa shape index (κ2) is 8.96. The molecule has 4 rings (SSSR count). The molecule has 166 valence electrons. The highest BCUT2D eigenvalue weighted by Crippen LogP contribution is 2.35. The van der Waals surface area contributed by atoms with Crippen molar-refractivity contribution >= 4 is 34.9 Å². The number of nitrogens with zero attached hydrogens (tertiary/aromatic N) is 2. The van der Waals surface area contributed by atoms with Gasteiger partial charge in [-0.15, -0.1) is 0 Å². The fourth-order valence-electron chi connectivity index (χ4n) is 4.17. The number of carbonyl (C=O) groups is 1. The lowest BCUT2D eigenvalue weighted by molar-refractivity contribution is 0.0697. The number of hydrogen-bond donors (Lipinski definition) is 1. The Balaban J connectivity index is 1.64. The van der Waals surface area contributed by atoms with Gasteiger partial charge in [0.25, 0.3) is 5.56 Å². The molecule has 1 N–H and O–H groups in total. The van der Waals surface area contributed by atoms with Crippen LogP contribution in [0.15, 0.2) is 47.3 Å². The molecule has 0 fully saturated rings. The molecule has 32 heavy (non-hydrogen) atoms. The summed E-state index contributed by atoms with van der Waals surface area (Å²) >= 11 is 12.6. The van der Waals surface area contributed by atoms with E-state index in [1.807, 2.05) is 4.90 Å². The van der Waals surface area contributed by atoms with Crippen molar-refractivity contribution < 1.29 is 14.3 Å². The van der Waals surface area contributed by atoms with Crippen LogP contribution in [0.2, 0.25) is 10.0 Å². The van der Waals surface area contributed by atoms with Crippen LogP contribution >= 0.6 is 23.2 Å². The SMILES string of the molecule is Cc1c(F)ccc2c1N(Cc1c(Cl)cc(Cl)c(=O)n1CCc1ccc(C(=O)O)cc1)CC2. The van der Waals surface area contributed by atoms with Gasteiger partial charge < -0.3 is 14.6 Å². The second-order valence-corrected chi connectivity index (χ2v) is 8.66. The van der Waals surface area contributed by atoms with E-state index in [4.69, 9.17) is 28.3 Å². The average molecular weight is 475 g/mol. The van der Waals surface area contributed by atoms with Crippen LogP contribution in [0.3, 0.4) is 0 Å². The Kier molecular flexibility index (Phi) is 6.26. The number of hydrogen-bond acceptors (Lipinski definition) is 3. The van der Waals surface area contributed by atoms with Crippen LogP contribution in [0.4, 0.5) is 10.1 Å². The van der Waals surface area contributed by atoms with Crippen LogP contribution in [0.5, 0.6) is 0 Å². The van der Waals surface area contributed by atoms with Gasteiger partial charge in [-0.2, -0.15) is 0 Å². The van der Waals surface area contributed by atoms with Crippen molar-refractivity contribution in [2.75, 3.05) is 11.4 Å². The van der Waals surface area contributed by atoms with E-state index in [1.54, 1.807) is 29.7 Å². The van der Waals surface area contributed by atoms with Gasteiger partial charge in [0.1, 0.15) is 10.8 Å². The van der Waals surface area contributed by atoms with Crippen LogP contribution in [0, 0.1) is 12.7 Å². The van der Waals surface area contributed by atoms with E-state index < -0.39 is 5.97 Å². The minimum absolute atomic E-state index is 0.0315. The average Bonchev–Trinajstić information content (AvgIpc) is 3.18. The van der Waals surface area contributed by atoms with Gasteiger partial charge in [-0.05, 0) is 55.2 Å². The largest absolute Gasteiger partial charge is 0.478 e. The first-order valence-electron chi connectivity index (χ1n) is 10.2. The van der Waals surface area contributed by atoms with Gasteiger partial charge in [-0.3, -0.25) is 4.79 Å². The number of halogens is 3. The molecule has 0 radical (unpaired) electrons. The smallest absolute Gasteiger partial charge is 0.335 e. The third-order valence-electron chi connectivity index (χ3n) is 5.89. The summed E-state index contributed by atoms with van der Waals surface area (Å²) in [6.07, 6.45) is 1.29. The van der Waals surface area contributed by atoms with Crippen molar-refractivity contribution in [3.8, 4) is 0 Å². The fourth-order valence-corrected chi connectivity index (χ4v) is 4.71. The standard InChI is InChI=1S/C24H21Cl2FN2O3/c1-14-20(27)7-6-16-9-10-28(22(14)16)13-21-18(25)12-19(26)23(30)29(21)11-8-15-2-4-17(5-3-15)24(31)32/h2-7,12H,8-11,13H2,1H3,(H,31,32). The first-order valence-corrected chi connectivity index (χ1v) is 10.9. The maximum Gasteiger partial charge on any atom is 0.335 e. The van der Waals surface area contributed by atoms with Gasteiger partial charge in [-0.1, -0.05) is 41.4 Å². The van der Waals surface area contributed by atoms with Crippen molar-refractivity contribution in [3.05, 3.63) is 96.6 Å². The Bertz CT molecular complexity index is 1260. The Morgan fingerprint density at radius 1 is 1.12 bits per heavy atom. The van der Waals surface area contributed by atoms with Crippen LogP contribution < -0.4 is 10.5 Å². The molecule has 0 amide bonds. The summed E-state index contributed by atoms with van der Waals surface area (Å²) in [6, 6.07) is 11.3. The Morgan fingerprint density at radius 3 is 2.53 bits per heavy atom. The lowest BCUT2D eigenvalue weighted by Crippen LogP contribution is -2.30. The molecule has 0 saturated carbocycles. The molecular formula is C24H21Cl2FN2O3. The highest BCUT2D eigenvalue weighted by molar-refractivity contribution is 6.34. The molecule has 0 saturated heterocycles. The van der Waals surface area contributed by atoms with Gasteiger partial charge >= 0.3 is 5.97 Å². The number of benzene rings is 2. The van der Waals surface area contributed by atoms with Crippen molar-refractivity contribution in [2.45, 2.75) is 32.9 Å². The van der Waals surface area contributed by atoms with Gasteiger partial charge in [0, 0.05) is 24.3 Å². The van der Waals surface area contributed by atoms with E-state index >= 15 is 0 Å². The number of aromatic carboxylic acids is 1. The number of pyridine rings is 1. The highest BCUT2D eigenvalue weighted by atomic mass is 35.5. The maximum absolute atomic E-state index is 14.2. The second-order valence-electron chi connectivity index (χ2n) is 7.85. The number of fused-ring (bicyclic) bond motifs is 1. The Labute approximate surface area is 194 Å².